The second kappa shape index (κ2) is 11.0. The molecule has 1 fully saturated rings. The average molecular weight is 498 g/mol. The Morgan fingerprint density at radius 1 is 1.35 bits per heavy atom. The highest BCUT2D eigenvalue weighted by atomic mass is 35.5. The molecule has 1 aromatic heterocycles. The molecule has 1 aliphatic heterocycles. The highest BCUT2D eigenvalue weighted by Gasteiger charge is 2.27. The van der Waals surface area contributed by atoms with Gasteiger partial charge in [0.25, 0.3) is 5.91 Å². The van der Waals surface area contributed by atoms with Gasteiger partial charge in [-0.1, -0.05) is 45.4 Å². The maximum absolute atomic E-state index is 13.3. The van der Waals surface area contributed by atoms with Crippen molar-refractivity contribution in [2.24, 2.45) is 11.3 Å². The Morgan fingerprint density at radius 2 is 2.09 bits per heavy atom. The molecule has 6 nitrogen and oxygen atoms in total. The molecule has 0 aliphatic carbocycles. The third kappa shape index (κ3) is 6.69. The number of carbonyl (C=O) groups is 1. The van der Waals surface area contributed by atoms with Crippen LogP contribution in [0.25, 0.3) is 11.3 Å². The maximum atomic E-state index is 13.3. The number of aromatic nitrogens is 2. The standard InChI is InChI=1S/C25H34ClF2N3O3/c1-6-31-22(18-10-8-16(12-25(3,4)5)11-19(18)34-24(27)28)20(26)21(30-31)23(32)29-13-17-9-7-15(2)14-33-17/h8,10-11,15,17,24H,6-7,9,12-14H2,1-5H3,(H,29,32)/t15-,17+/m1/s1. The van der Waals surface area contributed by atoms with E-state index >= 15 is 0 Å². The van der Waals surface area contributed by atoms with Gasteiger partial charge in [0.2, 0.25) is 0 Å². The minimum Gasteiger partial charge on any atom is -0.434 e. The SMILES string of the molecule is CCn1nc(C(=O)NC[C@@H]2CC[C@@H](C)CO2)c(Cl)c1-c1ccc(CC(C)(C)C)cc1OC(F)F. The van der Waals surface area contributed by atoms with Gasteiger partial charge >= 0.3 is 6.61 Å². The molecule has 1 saturated heterocycles. The lowest BCUT2D eigenvalue weighted by Gasteiger charge is -2.26. The Balaban J connectivity index is 1.89. The van der Waals surface area contributed by atoms with E-state index in [4.69, 9.17) is 21.1 Å². The van der Waals surface area contributed by atoms with E-state index in [-0.39, 0.29) is 28.0 Å². The summed E-state index contributed by atoms with van der Waals surface area (Å²) in [6.45, 7) is 8.61. The Morgan fingerprint density at radius 3 is 2.68 bits per heavy atom. The Labute approximate surface area is 205 Å². The minimum atomic E-state index is -3.00. The molecule has 0 unspecified atom stereocenters. The van der Waals surface area contributed by atoms with Gasteiger partial charge in [0.05, 0.1) is 16.8 Å². The van der Waals surface area contributed by atoms with Crippen LogP contribution in [0.2, 0.25) is 5.02 Å². The third-order valence-corrected chi connectivity index (χ3v) is 6.11. The van der Waals surface area contributed by atoms with Crippen molar-refractivity contribution >= 4 is 17.5 Å². The van der Waals surface area contributed by atoms with Crippen LogP contribution in [-0.4, -0.2) is 41.6 Å². The molecule has 0 saturated carbocycles. The predicted molar refractivity (Wildman–Crippen MR) is 129 cm³/mol. The Bertz CT molecular complexity index is 996. The first-order chi connectivity index (χ1) is 16.0. The number of nitrogens with one attached hydrogen (secondary N) is 1. The van der Waals surface area contributed by atoms with Crippen LogP contribution in [0.4, 0.5) is 8.78 Å². The summed E-state index contributed by atoms with van der Waals surface area (Å²) >= 11 is 6.61. The quantitative estimate of drug-likeness (QED) is 0.489. The van der Waals surface area contributed by atoms with Gasteiger partial charge in [0.1, 0.15) is 5.75 Å². The summed E-state index contributed by atoms with van der Waals surface area (Å²) in [5, 5.41) is 7.32. The van der Waals surface area contributed by atoms with Gasteiger partial charge in [-0.05, 0) is 55.2 Å². The van der Waals surface area contributed by atoms with E-state index < -0.39 is 12.5 Å². The van der Waals surface area contributed by atoms with E-state index in [1.807, 2.05) is 13.0 Å². The Hall–Kier alpha value is -2.19. The minimum absolute atomic E-state index is 0.00457. The number of alkyl halides is 2. The molecule has 1 amide bonds. The number of ether oxygens (including phenoxy) is 2. The molecule has 0 radical (unpaired) electrons. The van der Waals surface area contributed by atoms with Crippen molar-refractivity contribution in [2.45, 2.75) is 73.1 Å². The molecule has 2 aromatic rings. The summed E-state index contributed by atoms with van der Waals surface area (Å²) in [4.78, 5) is 12.9. The molecule has 0 bridgehead atoms. The summed E-state index contributed by atoms with van der Waals surface area (Å²) in [6.07, 6.45) is 2.56. The number of aryl methyl sites for hydroxylation is 1. The highest BCUT2D eigenvalue weighted by molar-refractivity contribution is 6.36. The smallest absolute Gasteiger partial charge is 0.387 e. The van der Waals surface area contributed by atoms with Crippen LogP contribution in [-0.2, 0) is 17.7 Å². The molecule has 2 atom stereocenters. The first-order valence-corrected chi connectivity index (χ1v) is 12.1. The number of halogens is 3. The van der Waals surface area contributed by atoms with Crippen LogP contribution < -0.4 is 10.1 Å². The van der Waals surface area contributed by atoms with Crippen LogP contribution in [0.5, 0.6) is 5.75 Å². The summed E-state index contributed by atoms with van der Waals surface area (Å²) in [6, 6.07) is 5.17. The zero-order valence-corrected chi connectivity index (χ0v) is 21.2. The predicted octanol–water partition coefficient (Wildman–Crippen LogP) is 5.96. The number of hydrogen-bond acceptors (Lipinski definition) is 4. The van der Waals surface area contributed by atoms with E-state index in [2.05, 4.69) is 38.1 Å². The fourth-order valence-corrected chi connectivity index (χ4v) is 4.46. The van der Waals surface area contributed by atoms with Crippen molar-refractivity contribution in [2.75, 3.05) is 13.2 Å². The maximum Gasteiger partial charge on any atom is 0.387 e. The van der Waals surface area contributed by atoms with Crippen molar-refractivity contribution in [3.63, 3.8) is 0 Å². The Kier molecular flexibility index (Phi) is 8.57. The first kappa shape index (κ1) is 26.4. The van der Waals surface area contributed by atoms with Gasteiger partial charge < -0.3 is 14.8 Å². The van der Waals surface area contributed by atoms with Gasteiger partial charge in [-0.25, -0.2) is 0 Å². The number of carbonyl (C=O) groups excluding carboxylic acids is 1. The van der Waals surface area contributed by atoms with Crippen LogP contribution in [0.3, 0.4) is 0 Å². The molecular formula is C25H34ClF2N3O3. The molecule has 0 spiro atoms. The fourth-order valence-electron chi connectivity index (χ4n) is 4.14. The average Bonchev–Trinajstić information content (AvgIpc) is 3.08. The molecule has 34 heavy (non-hydrogen) atoms. The first-order valence-electron chi connectivity index (χ1n) is 11.7. The van der Waals surface area contributed by atoms with Crippen LogP contribution in [0, 0.1) is 11.3 Å². The van der Waals surface area contributed by atoms with E-state index in [9.17, 15) is 13.6 Å². The number of rotatable bonds is 8. The summed E-state index contributed by atoms with van der Waals surface area (Å²) in [5.74, 6) is 0.0925. The van der Waals surface area contributed by atoms with E-state index in [0.29, 0.717) is 43.3 Å². The van der Waals surface area contributed by atoms with Crippen LogP contribution in [0.15, 0.2) is 18.2 Å². The normalized spacial score (nSPS) is 18.9. The number of amides is 1. The second-order valence-electron chi connectivity index (χ2n) is 10.1. The molecule has 9 heteroatoms. The summed E-state index contributed by atoms with van der Waals surface area (Å²) < 4.78 is 38.7. The largest absolute Gasteiger partial charge is 0.434 e. The number of hydrogen-bond donors (Lipinski definition) is 1. The molecule has 2 heterocycles. The lowest BCUT2D eigenvalue weighted by Crippen LogP contribution is -2.37. The molecule has 1 aromatic carbocycles. The van der Waals surface area contributed by atoms with Crippen molar-refractivity contribution in [1.82, 2.24) is 15.1 Å². The van der Waals surface area contributed by atoms with E-state index in [1.54, 1.807) is 12.1 Å². The molecular weight excluding hydrogens is 464 g/mol. The van der Waals surface area contributed by atoms with Crippen molar-refractivity contribution < 1.29 is 23.0 Å². The van der Waals surface area contributed by atoms with Crippen molar-refractivity contribution in [3.05, 3.63) is 34.5 Å². The van der Waals surface area contributed by atoms with E-state index in [1.165, 1.54) is 4.68 Å². The molecule has 1 aliphatic rings. The second-order valence-corrected chi connectivity index (χ2v) is 10.5. The molecule has 3 rings (SSSR count). The number of nitrogens with zero attached hydrogens (tertiary/aromatic N) is 2. The number of benzene rings is 1. The van der Waals surface area contributed by atoms with Gasteiger partial charge in [0.15, 0.2) is 5.69 Å². The van der Waals surface area contributed by atoms with Crippen molar-refractivity contribution in [1.29, 1.82) is 0 Å². The third-order valence-electron chi connectivity index (χ3n) is 5.75. The van der Waals surface area contributed by atoms with E-state index in [0.717, 1.165) is 18.4 Å². The van der Waals surface area contributed by atoms with Crippen LogP contribution in [0.1, 0.15) is 63.5 Å². The lowest BCUT2D eigenvalue weighted by atomic mass is 9.87. The zero-order chi connectivity index (χ0) is 25.0. The fraction of sp³-hybridized carbons (Fsp3) is 0.600. The van der Waals surface area contributed by atoms with Gasteiger partial charge in [-0.2, -0.15) is 13.9 Å². The van der Waals surface area contributed by atoms with Crippen molar-refractivity contribution in [3.8, 4) is 17.0 Å². The van der Waals surface area contributed by atoms with Gasteiger partial charge in [-0.3, -0.25) is 9.48 Å². The van der Waals surface area contributed by atoms with Crippen LogP contribution >= 0.6 is 11.6 Å². The summed E-state index contributed by atoms with van der Waals surface area (Å²) in [5.41, 5.74) is 1.61. The summed E-state index contributed by atoms with van der Waals surface area (Å²) in [7, 11) is 0. The zero-order valence-electron chi connectivity index (χ0n) is 20.5. The lowest BCUT2D eigenvalue weighted by molar-refractivity contribution is -0.0495. The highest BCUT2D eigenvalue weighted by Crippen LogP contribution is 2.39. The van der Waals surface area contributed by atoms with Gasteiger partial charge in [0, 0.05) is 25.3 Å². The molecule has 188 valence electrons. The monoisotopic (exact) mass is 497 g/mol. The van der Waals surface area contributed by atoms with Gasteiger partial charge in [-0.15, -0.1) is 0 Å². The molecule has 1 N–H and O–H groups in total. The topological polar surface area (TPSA) is 65.4 Å².